The number of anilines is 1. The summed E-state index contributed by atoms with van der Waals surface area (Å²) >= 11 is 5.95. The molecule has 5 nitrogen and oxygen atoms in total. The Morgan fingerprint density at radius 3 is 2.56 bits per heavy atom. The third kappa shape index (κ3) is 3.14. The zero-order valence-electron chi connectivity index (χ0n) is 10.6. The van der Waals surface area contributed by atoms with E-state index in [1.54, 1.807) is 6.92 Å². The smallest absolute Gasteiger partial charge is 0.243 e. The van der Waals surface area contributed by atoms with Crippen molar-refractivity contribution in [2.45, 2.75) is 11.8 Å². The van der Waals surface area contributed by atoms with Gasteiger partial charge in [-0.25, -0.2) is 8.42 Å². The second kappa shape index (κ2) is 5.88. The molecular weight excluding hydrogens is 276 g/mol. The molecule has 0 amide bonds. The van der Waals surface area contributed by atoms with Gasteiger partial charge in [0.2, 0.25) is 10.0 Å². The van der Waals surface area contributed by atoms with Crippen LogP contribution in [0.25, 0.3) is 0 Å². The van der Waals surface area contributed by atoms with Gasteiger partial charge in [-0.05, 0) is 24.6 Å². The number of methoxy groups -OCH3 is 1. The summed E-state index contributed by atoms with van der Waals surface area (Å²) < 4.78 is 30.5. The fraction of sp³-hybridized carbons (Fsp3) is 0.455. The molecule has 2 N–H and O–H groups in total. The molecule has 0 saturated heterocycles. The van der Waals surface area contributed by atoms with Gasteiger partial charge in [0.05, 0.1) is 11.5 Å². The summed E-state index contributed by atoms with van der Waals surface area (Å²) in [6.07, 6.45) is 0. The Labute approximate surface area is 113 Å². The number of sulfonamides is 1. The zero-order chi connectivity index (χ0) is 13.9. The average Bonchev–Trinajstić information content (AvgIpc) is 2.32. The van der Waals surface area contributed by atoms with E-state index in [-0.39, 0.29) is 11.4 Å². The Morgan fingerprint density at radius 1 is 1.44 bits per heavy atom. The van der Waals surface area contributed by atoms with E-state index >= 15 is 0 Å². The van der Waals surface area contributed by atoms with E-state index in [9.17, 15) is 8.42 Å². The molecule has 1 aromatic carbocycles. The van der Waals surface area contributed by atoms with Crippen LogP contribution in [0, 0.1) is 6.92 Å². The number of hydrogen-bond donors (Lipinski definition) is 1. The molecule has 0 bridgehead atoms. The van der Waals surface area contributed by atoms with Crippen molar-refractivity contribution in [2.75, 3.05) is 33.0 Å². The number of nitrogens with zero attached hydrogens (tertiary/aromatic N) is 1. The number of nitrogens with two attached hydrogens (primary N) is 1. The lowest BCUT2D eigenvalue weighted by Gasteiger charge is -2.17. The number of hydrogen-bond acceptors (Lipinski definition) is 4. The summed E-state index contributed by atoms with van der Waals surface area (Å²) in [6, 6.07) is 2.83. The molecule has 0 aliphatic heterocycles. The SMILES string of the molecule is COCCN(C)S(=O)(=O)c1cc(N)c(C)c(Cl)c1. The molecule has 102 valence electrons. The zero-order valence-corrected chi connectivity index (χ0v) is 12.2. The van der Waals surface area contributed by atoms with Crippen molar-refractivity contribution in [1.82, 2.24) is 4.31 Å². The first kappa shape index (κ1) is 15.2. The maximum atomic E-state index is 12.2. The maximum Gasteiger partial charge on any atom is 0.243 e. The summed E-state index contributed by atoms with van der Waals surface area (Å²) in [7, 11) is -0.585. The molecule has 0 aliphatic rings. The topological polar surface area (TPSA) is 72.6 Å². The Morgan fingerprint density at radius 2 is 2.06 bits per heavy atom. The molecule has 0 radical (unpaired) electrons. The highest BCUT2D eigenvalue weighted by molar-refractivity contribution is 7.89. The van der Waals surface area contributed by atoms with Crippen LogP contribution in [0.5, 0.6) is 0 Å². The summed E-state index contributed by atoms with van der Waals surface area (Å²) in [5, 5.41) is 0.341. The van der Waals surface area contributed by atoms with Gasteiger partial charge in [-0.1, -0.05) is 11.6 Å². The second-order valence-corrected chi connectivity index (χ2v) is 6.39. The van der Waals surface area contributed by atoms with Crippen molar-refractivity contribution in [3.8, 4) is 0 Å². The molecule has 0 spiro atoms. The van der Waals surface area contributed by atoms with Gasteiger partial charge in [-0.3, -0.25) is 0 Å². The number of likely N-dealkylation sites (N-methyl/N-ethyl adjacent to an activating group) is 1. The first-order valence-corrected chi connectivity index (χ1v) is 7.13. The fourth-order valence-electron chi connectivity index (χ4n) is 1.34. The van der Waals surface area contributed by atoms with Crippen LogP contribution in [0.1, 0.15) is 5.56 Å². The number of ether oxygens (including phenoxy) is 1. The van der Waals surface area contributed by atoms with Crippen LogP contribution in [0.4, 0.5) is 5.69 Å². The molecule has 1 rings (SSSR count). The van der Waals surface area contributed by atoms with Gasteiger partial charge in [0.25, 0.3) is 0 Å². The predicted molar refractivity (Wildman–Crippen MR) is 72.3 cm³/mol. The molecule has 0 aromatic heterocycles. The van der Waals surface area contributed by atoms with E-state index in [1.807, 2.05) is 0 Å². The normalized spacial score (nSPS) is 12.1. The fourth-order valence-corrected chi connectivity index (χ4v) is 2.85. The number of halogens is 1. The van der Waals surface area contributed by atoms with Crippen molar-refractivity contribution in [2.24, 2.45) is 0 Å². The van der Waals surface area contributed by atoms with Gasteiger partial charge < -0.3 is 10.5 Å². The summed E-state index contributed by atoms with van der Waals surface area (Å²) in [4.78, 5) is 0.0919. The third-order valence-electron chi connectivity index (χ3n) is 2.68. The second-order valence-electron chi connectivity index (χ2n) is 3.94. The van der Waals surface area contributed by atoms with Crippen LogP contribution < -0.4 is 5.73 Å². The molecule has 7 heteroatoms. The summed E-state index contributed by atoms with van der Waals surface area (Å²) in [5.41, 5.74) is 6.76. The molecular formula is C11H17ClN2O3S. The van der Waals surface area contributed by atoms with E-state index in [1.165, 1.54) is 30.6 Å². The maximum absolute atomic E-state index is 12.2. The lowest BCUT2D eigenvalue weighted by Crippen LogP contribution is -2.30. The van der Waals surface area contributed by atoms with E-state index < -0.39 is 10.0 Å². The predicted octanol–water partition coefficient (Wildman–Crippen LogP) is 1.50. The van der Waals surface area contributed by atoms with Crippen molar-refractivity contribution < 1.29 is 13.2 Å². The van der Waals surface area contributed by atoms with Gasteiger partial charge in [0.15, 0.2) is 0 Å². The Hall–Kier alpha value is -0.820. The monoisotopic (exact) mass is 292 g/mol. The van der Waals surface area contributed by atoms with Crippen LogP contribution in [0.15, 0.2) is 17.0 Å². The number of benzene rings is 1. The van der Waals surface area contributed by atoms with Crippen LogP contribution in [0.3, 0.4) is 0 Å². The van der Waals surface area contributed by atoms with Crippen molar-refractivity contribution in [1.29, 1.82) is 0 Å². The van der Waals surface area contributed by atoms with E-state index in [4.69, 9.17) is 22.1 Å². The minimum atomic E-state index is -3.58. The molecule has 0 aliphatic carbocycles. The van der Waals surface area contributed by atoms with E-state index in [2.05, 4.69) is 0 Å². The van der Waals surface area contributed by atoms with Crippen molar-refractivity contribution in [3.05, 3.63) is 22.7 Å². The molecule has 18 heavy (non-hydrogen) atoms. The first-order chi connectivity index (χ1) is 8.30. The lowest BCUT2D eigenvalue weighted by molar-refractivity contribution is 0.185. The highest BCUT2D eigenvalue weighted by Gasteiger charge is 2.22. The largest absolute Gasteiger partial charge is 0.398 e. The Balaban J connectivity index is 3.13. The van der Waals surface area contributed by atoms with E-state index in [0.29, 0.717) is 22.9 Å². The first-order valence-electron chi connectivity index (χ1n) is 5.31. The lowest BCUT2D eigenvalue weighted by atomic mass is 10.2. The van der Waals surface area contributed by atoms with Gasteiger partial charge in [-0.15, -0.1) is 0 Å². The van der Waals surface area contributed by atoms with Crippen molar-refractivity contribution >= 4 is 27.3 Å². The van der Waals surface area contributed by atoms with Crippen LogP contribution in [-0.2, 0) is 14.8 Å². The number of nitrogen functional groups attached to an aromatic ring is 1. The average molecular weight is 293 g/mol. The molecule has 0 atom stereocenters. The third-order valence-corrected chi connectivity index (χ3v) is 4.90. The highest BCUT2D eigenvalue weighted by atomic mass is 35.5. The van der Waals surface area contributed by atoms with Gasteiger partial charge in [0.1, 0.15) is 0 Å². The van der Waals surface area contributed by atoms with Crippen LogP contribution >= 0.6 is 11.6 Å². The highest BCUT2D eigenvalue weighted by Crippen LogP contribution is 2.27. The summed E-state index contributed by atoms with van der Waals surface area (Å²) in [5.74, 6) is 0. The van der Waals surface area contributed by atoms with Gasteiger partial charge >= 0.3 is 0 Å². The molecule has 0 saturated carbocycles. The van der Waals surface area contributed by atoms with Crippen molar-refractivity contribution in [3.63, 3.8) is 0 Å². The van der Waals surface area contributed by atoms with Crippen LogP contribution in [0.2, 0.25) is 5.02 Å². The van der Waals surface area contributed by atoms with Crippen LogP contribution in [-0.4, -0.2) is 40.0 Å². The molecule has 0 heterocycles. The molecule has 1 aromatic rings. The summed E-state index contributed by atoms with van der Waals surface area (Å²) in [6.45, 7) is 2.33. The standard InChI is InChI=1S/C11H17ClN2O3S/c1-8-10(12)6-9(7-11(8)13)18(15,16)14(2)4-5-17-3/h6-7H,4-5,13H2,1-3H3. The van der Waals surface area contributed by atoms with E-state index in [0.717, 1.165) is 0 Å². The number of rotatable bonds is 5. The Bertz CT molecular complexity index is 508. The van der Waals surface area contributed by atoms with Gasteiger partial charge in [-0.2, -0.15) is 4.31 Å². The Kier molecular flexibility index (Phi) is 4.98. The molecule has 0 fully saturated rings. The van der Waals surface area contributed by atoms with Gasteiger partial charge in [0, 0.05) is 31.4 Å². The minimum absolute atomic E-state index is 0.0919. The molecule has 0 unspecified atom stereocenters. The quantitative estimate of drug-likeness (QED) is 0.835. The minimum Gasteiger partial charge on any atom is -0.398 e.